The van der Waals surface area contributed by atoms with Gasteiger partial charge in [-0.25, -0.2) is 0 Å². The highest BCUT2D eigenvalue weighted by molar-refractivity contribution is 5.95. The number of nitrogens with two attached hydrogens (primary N) is 4. The van der Waals surface area contributed by atoms with E-state index in [9.17, 15) is 97.8 Å². The normalized spacial score (nSPS) is 24.1. The molecule has 0 aromatic heterocycles. The lowest BCUT2D eigenvalue weighted by Gasteiger charge is -2.48. The molecule has 0 spiro atoms. The number of hydrogen-bond acceptors (Lipinski definition) is 25. The number of carbonyl (C=O) groups excluding carboxylic acids is 12. The fraction of sp³-hybridized carbons (Fsp3) is 0.736. The first-order valence-corrected chi connectivity index (χ1v) is 29.4. The van der Waals surface area contributed by atoms with E-state index in [1.54, 1.807) is 0 Å². The minimum absolute atomic E-state index is 0.0860. The monoisotopic (exact) mass is 1320 g/mol. The number of carboxylic acid groups (broad SMARTS) is 2. The maximum atomic E-state index is 13.6. The van der Waals surface area contributed by atoms with Crippen LogP contribution in [0.25, 0.3) is 0 Å². The van der Waals surface area contributed by atoms with Crippen molar-refractivity contribution in [1.82, 2.24) is 53.2 Å². The van der Waals surface area contributed by atoms with Crippen molar-refractivity contribution in [3.63, 3.8) is 0 Å². The summed E-state index contributed by atoms with van der Waals surface area (Å²) in [5.41, 5.74) is 22.2. The van der Waals surface area contributed by atoms with Gasteiger partial charge in [-0.2, -0.15) is 0 Å². The molecule has 2 saturated heterocycles. The summed E-state index contributed by atoms with van der Waals surface area (Å²) in [6, 6.07) is -14.3. The van der Waals surface area contributed by atoms with Gasteiger partial charge in [0.05, 0.1) is 32.1 Å². The second-order valence-corrected chi connectivity index (χ2v) is 22.0. The molecule has 2 rings (SSSR count). The Balaban J connectivity index is 2.04. The Hall–Kier alpha value is -7.86. The van der Waals surface area contributed by atoms with Gasteiger partial charge in [-0.1, -0.05) is 0 Å². The number of aliphatic hydroxyl groups is 5. The lowest BCUT2D eigenvalue weighted by molar-refractivity contribution is -0.333. The number of nitrogens with one attached hydrogen (secondary N) is 10. The molecule has 19 unspecified atom stereocenters. The van der Waals surface area contributed by atoms with Crippen LogP contribution < -0.4 is 76.1 Å². The topological polar surface area (TPSA) is 642 Å². The molecule has 2 fully saturated rings. The zero-order valence-corrected chi connectivity index (χ0v) is 51.7. The molecule has 2 heterocycles. The van der Waals surface area contributed by atoms with Crippen molar-refractivity contribution in [1.29, 1.82) is 0 Å². The number of carbonyl (C=O) groups is 14. The molecule has 0 saturated carbocycles. The van der Waals surface area contributed by atoms with Crippen LogP contribution in [-0.4, -0.2) is 261 Å². The van der Waals surface area contributed by atoms with Crippen LogP contribution in [0.1, 0.15) is 106 Å². The maximum absolute atomic E-state index is 13.6. The largest absolute Gasteiger partial charge is 0.480 e. The van der Waals surface area contributed by atoms with Crippen molar-refractivity contribution in [2.75, 3.05) is 26.3 Å². The fourth-order valence-corrected chi connectivity index (χ4v) is 9.06. The number of amides is 12. The summed E-state index contributed by atoms with van der Waals surface area (Å²) in [5, 5.41) is 94.5. The first-order chi connectivity index (χ1) is 43.0. The Bertz CT molecular complexity index is 2570. The summed E-state index contributed by atoms with van der Waals surface area (Å²) in [6.07, 6.45) is -16.4. The zero-order valence-electron chi connectivity index (χ0n) is 51.7. The van der Waals surface area contributed by atoms with Crippen LogP contribution in [0.3, 0.4) is 0 Å². The number of aliphatic hydroxyl groups excluding tert-OH is 5. The van der Waals surface area contributed by atoms with Gasteiger partial charge < -0.3 is 131 Å². The highest BCUT2D eigenvalue weighted by Crippen LogP contribution is 2.31. The molecule has 2 aliphatic heterocycles. The summed E-state index contributed by atoms with van der Waals surface area (Å²) in [5.74, 6) is -13.3. The average Bonchev–Trinajstić information content (AvgIpc) is 0.784. The molecule has 522 valence electrons. The van der Waals surface area contributed by atoms with E-state index in [0.29, 0.717) is 12.8 Å². The minimum Gasteiger partial charge on any atom is -0.480 e. The number of primary amides is 2. The van der Waals surface area contributed by atoms with E-state index >= 15 is 0 Å². The Morgan fingerprint density at radius 1 is 0.500 bits per heavy atom. The van der Waals surface area contributed by atoms with Crippen LogP contribution in [-0.2, 0) is 86.1 Å². The van der Waals surface area contributed by atoms with E-state index in [0.717, 1.165) is 20.8 Å². The van der Waals surface area contributed by atoms with Gasteiger partial charge in [0.1, 0.15) is 97.1 Å². The fourth-order valence-electron chi connectivity index (χ4n) is 9.06. The molecule has 0 aromatic carbocycles. The van der Waals surface area contributed by atoms with E-state index in [1.165, 1.54) is 20.8 Å². The molecule has 0 bridgehead atoms. The Morgan fingerprint density at radius 3 is 1.53 bits per heavy atom. The van der Waals surface area contributed by atoms with Gasteiger partial charge in [0.2, 0.25) is 70.9 Å². The van der Waals surface area contributed by atoms with Crippen molar-refractivity contribution in [3.8, 4) is 0 Å². The lowest BCUT2D eigenvalue weighted by atomic mass is 9.94. The molecule has 12 amide bonds. The van der Waals surface area contributed by atoms with Crippen LogP contribution in [0.4, 0.5) is 0 Å². The average molecular weight is 1320 g/mol. The van der Waals surface area contributed by atoms with E-state index in [4.69, 9.17) is 47.0 Å². The summed E-state index contributed by atoms with van der Waals surface area (Å²) in [7, 11) is 0. The molecule has 0 aromatic rings. The molecule has 0 aliphatic carbocycles. The van der Waals surface area contributed by atoms with Gasteiger partial charge in [-0.15, -0.1) is 0 Å². The zero-order chi connectivity index (χ0) is 69.9. The van der Waals surface area contributed by atoms with E-state index in [-0.39, 0.29) is 38.8 Å². The summed E-state index contributed by atoms with van der Waals surface area (Å²) in [6.45, 7) is 5.22. The number of hydrogen-bond donors (Lipinski definition) is 21. The maximum Gasteiger partial charge on any atom is 0.325 e. The van der Waals surface area contributed by atoms with Crippen LogP contribution in [0.15, 0.2) is 0 Å². The Kier molecular flexibility index (Phi) is 34.5. The van der Waals surface area contributed by atoms with Crippen LogP contribution in [0.5, 0.6) is 0 Å². The van der Waals surface area contributed by atoms with Crippen molar-refractivity contribution >= 4 is 82.8 Å². The molecule has 25 N–H and O–H groups in total. The van der Waals surface area contributed by atoms with Crippen molar-refractivity contribution in [2.45, 2.75) is 221 Å². The SMILES string of the molecule is CC(=O)NC1C(OC2C(CO)OC(O)C(NC(C)=O)C2OC(C)C(=O)NC(C)C(=O)NC(CCC(=O)NC(CCCCNC(=O)CC(NC(=O)C(C)NC(=O)C(N)CCCCNC(=O)CC(N)C(=O)O)C(N)=O)C(=O)NC(C)C(=O)O)C(N)=O)OC(CO)C(O)C1O. The van der Waals surface area contributed by atoms with Gasteiger partial charge in [-0.05, 0) is 72.6 Å². The van der Waals surface area contributed by atoms with Gasteiger partial charge >= 0.3 is 11.9 Å². The van der Waals surface area contributed by atoms with Gasteiger partial charge in [0, 0.05) is 33.4 Å². The summed E-state index contributed by atoms with van der Waals surface area (Å²) < 4.78 is 23.2. The predicted molar refractivity (Wildman–Crippen MR) is 311 cm³/mol. The Labute approximate surface area is 527 Å². The van der Waals surface area contributed by atoms with E-state index in [1.807, 2.05) is 0 Å². The molecular formula is C53H90N14O25. The smallest absolute Gasteiger partial charge is 0.325 e. The van der Waals surface area contributed by atoms with Gasteiger partial charge in [0.25, 0.3) is 0 Å². The standard InChI is InChI=1S/C53H90N14O25/c1-21(60-47(81)24(4)89-42-38(64-26(6)71)52(88)90-33(20-69)41(42)92-53-37(63-25(5)70)40(76)39(75)32(19-68)91-53)45(79)66-29(43(56)77)13-14-34(72)65-30(49(83)62-23(3)50(84)85)12-8-10-16-59-36(74)18-31(44(57)78)67-46(80)22(2)61-48(82)27(54)11-7-9-15-58-35(73)17-28(55)51(86)87/h21-24,27-33,37-42,52-53,68-69,75-76,88H,7-20,54-55H2,1-6H3,(H2,56,77)(H2,57,78)(H,58,73)(H,59,74)(H,60,81)(H,61,82)(H,62,83)(H,63,70)(H,64,71)(H,65,72)(H,66,79)(H,67,80)(H,84,85)(H,86,87). The highest BCUT2D eigenvalue weighted by Gasteiger charge is 2.53. The molecule has 39 nitrogen and oxygen atoms in total. The third-order valence-electron chi connectivity index (χ3n) is 14.3. The third-order valence-corrected chi connectivity index (χ3v) is 14.3. The quantitative estimate of drug-likeness (QED) is 0.0253. The van der Waals surface area contributed by atoms with E-state index < -0.39 is 237 Å². The molecular weight excluding hydrogens is 1230 g/mol. The van der Waals surface area contributed by atoms with E-state index in [2.05, 4.69) is 53.2 Å². The van der Waals surface area contributed by atoms with Crippen molar-refractivity contribution < 1.29 is 122 Å². The minimum atomic E-state index is -1.93. The van der Waals surface area contributed by atoms with Crippen LogP contribution in [0, 0.1) is 0 Å². The second kappa shape index (κ2) is 39.5. The number of unbranched alkanes of at least 4 members (excludes halogenated alkanes) is 2. The second-order valence-electron chi connectivity index (χ2n) is 22.0. The predicted octanol–water partition coefficient (Wildman–Crippen LogP) is -10.8. The van der Waals surface area contributed by atoms with Crippen molar-refractivity contribution in [3.05, 3.63) is 0 Å². The summed E-state index contributed by atoms with van der Waals surface area (Å²) in [4.78, 5) is 175. The number of ether oxygens (including phenoxy) is 4. The molecule has 39 heteroatoms. The molecule has 2 aliphatic rings. The van der Waals surface area contributed by atoms with Crippen LogP contribution in [0.2, 0.25) is 0 Å². The first-order valence-electron chi connectivity index (χ1n) is 29.4. The number of rotatable bonds is 40. The Morgan fingerprint density at radius 2 is 1.01 bits per heavy atom. The molecule has 19 atom stereocenters. The lowest BCUT2D eigenvalue weighted by Crippen LogP contribution is -2.70. The third kappa shape index (κ3) is 27.1. The highest BCUT2D eigenvalue weighted by atomic mass is 16.7. The van der Waals surface area contributed by atoms with Crippen molar-refractivity contribution in [2.24, 2.45) is 22.9 Å². The molecule has 0 radical (unpaired) electrons. The number of carboxylic acids is 2. The number of aliphatic carboxylic acids is 2. The van der Waals surface area contributed by atoms with Gasteiger partial charge in [0.15, 0.2) is 12.6 Å². The van der Waals surface area contributed by atoms with Gasteiger partial charge in [-0.3, -0.25) is 67.1 Å². The first kappa shape index (κ1) is 80.2. The molecule has 92 heavy (non-hydrogen) atoms. The van der Waals surface area contributed by atoms with Crippen LogP contribution >= 0.6 is 0 Å². The summed E-state index contributed by atoms with van der Waals surface area (Å²) >= 11 is 0.